The number of hydrogen-bond acceptors (Lipinski definition) is 3. The van der Waals surface area contributed by atoms with E-state index in [0.29, 0.717) is 17.0 Å². The molecular formula is C13H12ClNOS. The number of halogens is 1. The molecule has 0 radical (unpaired) electrons. The van der Waals surface area contributed by atoms with Gasteiger partial charge in [-0.3, -0.25) is 4.79 Å². The minimum Gasteiger partial charge on any atom is -0.294 e. The maximum absolute atomic E-state index is 12.0. The van der Waals surface area contributed by atoms with Crippen molar-refractivity contribution in [1.29, 1.82) is 0 Å². The zero-order valence-corrected chi connectivity index (χ0v) is 11.2. The van der Waals surface area contributed by atoms with Crippen LogP contribution in [0.15, 0.2) is 24.3 Å². The van der Waals surface area contributed by atoms with Gasteiger partial charge in [-0.2, -0.15) is 0 Å². The number of ketones is 1. The third-order valence-electron chi connectivity index (χ3n) is 2.53. The lowest BCUT2D eigenvalue weighted by atomic mass is 10.1. The standard InChI is InChI=1S/C13H12ClNOS/c1-8-9(2)17-13(15-8)7-12(16)10-4-3-5-11(14)6-10/h3-6H,7H2,1-2H3. The van der Waals surface area contributed by atoms with Crippen LogP contribution in [0, 0.1) is 13.8 Å². The fourth-order valence-electron chi connectivity index (χ4n) is 1.52. The molecule has 0 bridgehead atoms. The van der Waals surface area contributed by atoms with Gasteiger partial charge in [0.25, 0.3) is 0 Å². The Hall–Kier alpha value is -1.19. The molecule has 0 saturated heterocycles. The van der Waals surface area contributed by atoms with Gasteiger partial charge in [0, 0.05) is 15.5 Å². The molecule has 4 heteroatoms. The van der Waals surface area contributed by atoms with Crippen LogP contribution in [0.3, 0.4) is 0 Å². The average Bonchev–Trinajstić information content (AvgIpc) is 2.58. The number of benzene rings is 1. The Labute approximate surface area is 109 Å². The van der Waals surface area contributed by atoms with E-state index in [4.69, 9.17) is 11.6 Å². The second-order valence-electron chi connectivity index (χ2n) is 3.86. The lowest BCUT2D eigenvalue weighted by Gasteiger charge is -1.99. The van der Waals surface area contributed by atoms with E-state index in [1.807, 2.05) is 13.8 Å². The van der Waals surface area contributed by atoms with Crippen molar-refractivity contribution in [2.45, 2.75) is 20.3 Å². The van der Waals surface area contributed by atoms with E-state index >= 15 is 0 Å². The number of rotatable bonds is 3. The van der Waals surface area contributed by atoms with Crippen molar-refractivity contribution in [3.8, 4) is 0 Å². The highest BCUT2D eigenvalue weighted by molar-refractivity contribution is 7.11. The van der Waals surface area contributed by atoms with Gasteiger partial charge in [0.15, 0.2) is 5.78 Å². The maximum Gasteiger partial charge on any atom is 0.169 e. The van der Waals surface area contributed by atoms with Crippen LogP contribution in [0.5, 0.6) is 0 Å². The Morgan fingerprint density at radius 3 is 2.76 bits per heavy atom. The average molecular weight is 266 g/mol. The highest BCUT2D eigenvalue weighted by atomic mass is 35.5. The highest BCUT2D eigenvalue weighted by Crippen LogP contribution is 2.19. The Balaban J connectivity index is 2.17. The van der Waals surface area contributed by atoms with Crippen molar-refractivity contribution in [2.24, 2.45) is 0 Å². The van der Waals surface area contributed by atoms with E-state index in [2.05, 4.69) is 4.98 Å². The molecule has 0 fully saturated rings. The zero-order valence-electron chi connectivity index (χ0n) is 9.66. The molecule has 0 aliphatic heterocycles. The molecule has 17 heavy (non-hydrogen) atoms. The van der Waals surface area contributed by atoms with Gasteiger partial charge >= 0.3 is 0 Å². The first-order valence-corrected chi connectivity index (χ1v) is 6.47. The Bertz CT molecular complexity index is 543. The third-order valence-corrected chi connectivity index (χ3v) is 3.84. The van der Waals surface area contributed by atoms with E-state index < -0.39 is 0 Å². The van der Waals surface area contributed by atoms with E-state index in [0.717, 1.165) is 10.7 Å². The fourth-order valence-corrected chi connectivity index (χ4v) is 2.64. The minimum absolute atomic E-state index is 0.0567. The summed E-state index contributed by atoms with van der Waals surface area (Å²) in [6, 6.07) is 7.02. The maximum atomic E-state index is 12.0. The fraction of sp³-hybridized carbons (Fsp3) is 0.231. The summed E-state index contributed by atoms with van der Waals surface area (Å²) in [6.45, 7) is 3.97. The van der Waals surface area contributed by atoms with Crippen LogP contribution >= 0.6 is 22.9 Å². The first-order chi connectivity index (χ1) is 8.06. The first kappa shape index (κ1) is 12.3. The topological polar surface area (TPSA) is 30.0 Å². The van der Waals surface area contributed by atoms with Crippen molar-refractivity contribution in [1.82, 2.24) is 4.98 Å². The molecule has 88 valence electrons. The second kappa shape index (κ2) is 4.98. The summed E-state index contributed by atoms with van der Waals surface area (Å²) in [7, 11) is 0. The predicted octanol–water partition coefficient (Wildman–Crippen LogP) is 3.84. The van der Waals surface area contributed by atoms with Gasteiger partial charge < -0.3 is 0 Å². The molecule has 0 aliphatic carbocycles. The van der Waals surface area contributed by atoms with Gasteiger partial charge in [0.1, 0.15) is 5.01 Å². The molecule has 0 N–H and O–H groups in total. The monoisotopic (exact) mass is 265 g/mol. The molecule has 2 rings (SSSR count). The van der Waals surface area contributed by atoms with Gasteiger partial charge in [0.2, 0.25) is 0 Å². The summed E-state index contributed by atoms with van der Waals surface area (Å²) in [4.78, 5) is 17.5. The molecule has 0 amide bonds. The Kier molecular flexibility index (Phi) is 3.60. The number of thiazole rings is 1. The molecular weight excluding hydrogens is 254 g/mol. The predicted molar refractivity (Wildman–Crippen MR) is 71.1 cm³/mol. The van der Waals surface area contributed by atoms with Crippen LogP contribution in [0.2, 0.25) is 5.02 Å². The van der Waals surface area contributed by atoms with Crippen molar-refractivity contribution < 1.29 is 4.79 Å². The van der Waals surface area contributed by atoms with Crippen molar-refractivity contribution in [3.63, 3.8) is 0 Å². The van der Waals surface area contributed by atoms with Crippen LogP contribution < -0.4 is 0 Å². The number of carbonyl (C=O) groups is 1. The van der Waals surface area contributed by atoms with Gasteiger partial charge in [-0.25, -0.2) is 4.98 Å². The van der Waals surface area contributed by atoms with Gasteiger partial charge in [-0.15, -0.1) is 11.3 Å². The number of carbonyl (C=O) groups excluding carboxylic acids is 1. The Morgan fingerprint density at radius 2 is 2.18 bits per heavy atom. The van der Waals surface area contributed by atoms with Gasteiger partial charge in [-0.1, -0.05) is 23.7 Å². The van der Waals surface area contributed by atoms with Gasteiger partial charge in [0.05, 0.1) is 12.1 Å². The van der Waals surface area contributed by atoms with Crippen molar-refractivity contribution >= 4 is 28.7 Å². The van der Waals surface area contributed by atoms with E-state index in [-0.39, 0.29) is 5.78 Å². The summed E-state index contributed by atoms with van der Waals surface area (Å²) < 4.78 is 0. The largest absolute Gasteiger partial charge is 0.294 e. The number of nitrogens with zero attached hydrogens (tertiary/aromatic N) is 1. The van der Waals surface area contributed by atoms with Crippen LogP contribution in [-0.4, -0.2) is 10.8 Å². The van der Waals surface area contributed by atoms with Crippen LogP contribution in [-0.2, 0) is 6.42 Å². The smallest absolute Gasteiger partial charge is 0.169 e. The molecule has 0 spiro atoms. The quantitative estimate of drug-likeness (QED) is 0.790. The normalized spacial score (nSPS) is 10.5. The number of aryl methyl sites for hydroxylation is 2. The molecule has 0 atom stereocenters. The third kappa shape index (κ3) is 2.93. The molecule has 0 unspecified atom stereocenters. The van der Waals surface area contributed by atoms with Crippen LogP contribution in [0.1, 0.15) is 25.9 Å². The summed E-state index contributed by atoms with van der Waals surface area (Å²) >= 11 is 7.43. The van der Waals surface area contributed by atoms with E-state index in [1.54, 1.807) is 35.6 Å². The summed E-state index contributed by atoms with van der Waals surface area (Å²) in [6.07, 6.45) is 0.347. The number of aromatic nitrogens is 1. The van der Waals surface area contributed by atoms with Crippen molar-refractivity contribution in [3.05, 3.63) is 50.4 Å². The first-order valence-electron chi connectivity index (χ1n) is 5.28. The summed E-state index contributed by atoms with van der Waals surface area (Å²) in [5.74, 6) is 0.0567. The molecule has 1 aromatic carbocycles. The molecule has 2 aromatic rings. The Morgan fingerprint density at radius 1 is 1.41 bits per heavy atom. The molecule has 0 saturated carbocycles. The van der Waals surface area contributed by atoms with Crippen molar-refractivity contribution in [2.75, 3.05) is 0 Å². The van der Waals surface area contributed by atoms with Crippen LogP contribution in [0.4, 0.5) is 0 Å². The lowest BCUT2D eigenvalue weighted by molar-refractivity contribution is 0.0993. The molecule has 0 aliphatic rings. The summed E-state index contributed by atoms with van der Waals surface area (Å²) in [5.41, 5.74) is 1.65. The molecule has 2 nitrogen and oxygen atoms in total. The molecule has 1 aromatic heterocycles. The SMILES string of the molecule is Cc1nc(CC(=O)c2cccc(Cl)c2)sc1C. The lowest BCUT2D eigenvalue weighted by Crippen LogP contribution is -2.03. The highest BCUT2D eigenvalue weighted by Gasteiger charge is 2.11. The minimum atomic E-state index is 0.0567. The molecule has 1 heterocycles. The van der Waals surface area contributed by atoms with E-state index in [1.165, 1.54) is 4.88 Å². The number of hydrogen-bond donors (Lipinski definition) is 0. The summed E-state index contributed by atoms with van der Waals surface area (Å²) in [5, 5.41) is 1.45. The number of Topliss-reactive ketones (excluding diaryl/α,β-unsaturated/α-hetero) is 1. The van der Waals surface area contributed by atoms with Crippen LogP contribution in [0.25, 0.3) is 0 Å². The zero-order chi connectivity index (χ0) is 12.4. The van der Waals surface area contributed by atoms with E-state index in [9.17, 15) is 4.79 Å². The second-order valence-corrected chi connectivity index (χ2v) is 5.58. The van der Waals surface area contributed by atoms with Gasteiger partial charge in [-0.05, 0) is 26.0 Å².